The molecule has 0 radical (unpaired) electrons. The number of sulfonamides is 1. The van der Waals surface area contributed by atoms with E-state index < -0.39 is 10.0 Å². The molecule has 1 saturated carbocycles. The number of nitrogens with zero attached hydrogens (tertiary/aromatic N) is 2. The van der Waals surface area contributed by atoms with E-state index in [-0.39, 0.29) is 24.1 Å². The second kappa shape index (κ2) is 7.11. The minimum atomic E-state index is -3.31. The number of rotatable bonds is 6. The van der Waals surface area contributed by atoms with Gasteiger partial charge in [0.1, 0.15) is 0 Å². The fourth-order valence-electron chi connectivity index (χ4n) is 2.97. The third kappa shape index (κ3) is 4.27. The van der Waals surface area contributed by atoms with Crippen molar-refractivity contribution in [3.63, 3.8) is 0 Å². The fraction of sp³-hybridized carbons (Fsp3) is 0.588. The molecule has 6 nitrogen and oxygen atoms in total. The first kappa shape index (κ1) is 17.2. The van der Waals surface area contributed by atoms with Crippen LogP contribution in [0.25, 0.3) is 0 Å². The summed E-state index contributed by atoms with van der Waals surface area (Å²) in [7, 11) is -3.31. The number of hydrogen-bond donors (Lipinski definition) is 1. The molecule has 2 fully saturated rings. The van der Waals surface area contributed by atoms with Gasteiger partial charge in [0.2, 0.25) is 15.9 Å². The molecular weight excluding hydrogens is 326 g/mol. The molecule has 1 aliphatic heterocycles. The number of aryl methyl sites for hydroxylation is 1. The predicted molar refractivity (Wildman–Crippen MR) is 94.5 cm³/mol. The molecule has 24 heavy (non-hydrogen) atoms. The van der Waals surface area contributed by atoms with Crippen LogP contribution in [0.4, 0.5) is 5.69 Å². The van der Waals surface area contributed by atoms with E-state index in [1.165, 1.54) is 5.56 Å². The van der Waals surface area contributed by atoms with E-state index >= 15 is 0 Å². The Morgan fingerprint density at radius 1 is 1.21 bits per heavy atom. The van der Waals surface area contributed by atoms with Crippen molar-refractivity contribution >= 4 is 21.6 Å². The molecule has 1 amide bonds. The van der Waals surface area contributed by atoms with Crippen LogP contribution < -0.4 is 10.2 Å². The number of amides is 1. The summed E-state index contributed by atoms with van der Waals surface area (Å²) in [5.41, 5.74) is 2.35. The lowest BCUT2D eigenvalue weighted by atomic mass is 10.2. The molecule has 1 heterocycles. The summed E-state index contributed by atoms with van der Waals surface area (Å²) in [5, 5.41) is 2.73. The third-order valence-corrected chi connectivity index (χ3v) is 6.48. The van der Waals surface area contributed by atoms with E-state index in [0.717, 1.165) is 18.5 Å². The molecule has 2 aliphatic rings. The van der Waals surface area contributed by atoms with Crippen molar-refractivity contribution in [3.05, 3.63) is 29.8 Å². The van der Waals surface area contributed by atoms with Crippen LogP contribution in [0.1, 0.15) is 18.4 Å². The predicted octanol–water partition coefficient (Wildman–Crippen LogP) is 0.973. The van der Waals surface area contributed by atoms with E-state index in [0.29, 0.717) is 26.2 Å². The highest BCUT2D eigenvalue weighted by Crippen LogP contribution is 2.28. The molecule has 1 aromatic rings. The van der Waals surface area contributed by atoms with Gasteiger partial charge in [-0.2, -0.15) is 4.31 Å². The molecule has 1 saturated heterocycles. The number of carbonyl (C=O) groups is 1. The summed E-state index contributed by atoms with van der Waals surface area (Å²) < 4.78 is 26.4. The van der Waals surface area contributed by atoms with Crippen molar-refractivity contribution < 1.29 is 13.2 Å². The second-order valence-electron chi connectivity index (χ2n) is 6.61. The lowest BCUT2D eigenvalue weighted by molar-refractivity contribution is -0.122. The van der Waals surface area contributed by atoms with Gasteiger partial charge in [-0.3, -0.25) is 4.79 Å². The first-order valence-electron chi connectivity index (χ1n) is 8.53. The van der Waals surface area contributed by atoms with Gasteiger partial charge in [-0.25, -0.2) is 8.42 Å². The lowest BCUT2D eigenvalue weighted by Crippen LogP contribution is -2.50. The van der Waals surface area contributed by atoms with Crippen LogP contribution in [0.5, 0.6) is 0 Å². The average molecular weight is 351 g/mol. The van der Waals surface area contributed by atoms with Crippen LogP contribution in [0.15, 0.2) is 24.3 Å². The second-order valence-corrected chi connectivity index (χ2v) is 8.69. The van der Waals surface area contributed by atoms with Crippen LogP contribution in [0, 0.1) is 12.8 Å². The Hall–Kier alpha value is -1.60. The smallest absolute Gasteiger partial charge is 0.223 e. The third-order valence-electron chi connectivity index (χ3n) is 4.61. The fourth-order valence-corrected chi connectivity index (χ4v) is 4.31. The Kier molecular flexibility index (Phi) is 5.10. The normalized spacial score (nSPS) is 19.3. The number of carbonyl (C=O) groups excluding carboxylic acids is 1. The van der Waals surface area contributed by atoms with Crippen LogP contribution >= 0.6 is 0 Å². The van der Waals surface area contributed by atoms with Gasteiger partial charge in [0, 0.05) is 44.3 Å². The molecule has 7 heteroatoms. The highest BCUT2D eigenvalue weighted by molar-refractivity contribution is 7.89. The number of nitrogens with one attached hydrogen (secondary N) is 1. The van der Waals surface area contributed by atoms with Crippen molar-refractivity contribution in [1.82, 2.24) is 9.62 Å². The van der Waals surface area contributed by atoms with Gasteiger partial charge < -0.3 is 10.2 Å². The zero-order chi connectivity index (χ0) is 17.2. The van der Waals surface area contributed by atoms with Crippen molar-refractivity contribution in [2.45, 2.75) is 19.8 Å². The zero-order valence-electron chi connectivity index (χ0n) is 14.1. The molecule has 1 aromatic carbocycles. The van der Waals surface area contributed by atoms with Crippen molar-refractivity contribution in [3.8, 4) is 0 Å². The molecule has 0 bridgehead atoms. The van der Waals surface area contributed by atoms with Gasteiger partial charge in [0.25, 0.3) is 0 Å². The van der Waals surface area contributed by atoms with E-state index in [4.69, 9.17) is 0 Å². The number of hydrogen-bond acceptors (Lipinski definition) is 4. The molecule has 0 atom stereocenters. The topological polar surface area (TPSA) is 69.7 Å². The van der Waals surface area contributed by atoms with Crippen molar-refractivity contribution in [1.29, 1.82) is 0 Å². The average Bonchev–Trinajstić information content (AvgIpc) is 3.40. The monoisotopic (exact) mass is 351 g/mol. The van der Waals surface area contributed by atoms with Gasteiger partial charge in [-0.1, -0.05) is 12.1 Å². The Morgan fingerprint density at radius 2 is 1.92 bits per heavy atom. The molecular formula is C17H25N3O3S. The number of benzene rings is 1. The summed E-state index contributed by atoms with van der Waals surface area (Å²) in [5.74, 6) is 0.0932. The summed E-state index contributed by atoms with van der Waals surface area (Å²) in [4.78, 5) is 13.8. The Labute approximate surface area is 143 Å². The summed E-state index contributed by atoms with van der Waals surface area (Å²) in [6, 6.07) is 8.26. The first-order chi connectivity index (χ1) is 11.5. The minimum Gasteiger partial charge on any atom is -0.369 e. The van der Waals surface area contributed by atoms with Crippen molar-refractivity contribution in [2.75, 3.05) is 43.4 Å². The summed E-state index contributed by atoms with van der Waals surface area (Å²) in [6.45, 7) is 4.63. The molecule has 3 rings (SSSR count). The first-order valence-corrected chi connectivity index (χ1v) is 10.1. The highest BCUT2D eigenvalue weighted by Gasteiger charge is 2.30. The van der Waals surface area contributed by atoms with Gasteiger partial charge in [-0.15, -0.1) is 0 Å². The van der Waals surface area contributed by atoms with Crippen molar-refractivity contribution in [2.24, 2.45) is 5.92 Å². The molecule has 1 aliphatic carbocycles. The molecule has 132 valence electrons. The minimum absolute atomic E-state index is 0.00512. The Morgan fingerprint density at radius 3 is 2.54 bits per heavy atom. The summed E-state index contributed by atoms with van der Waals surface area (Å²) in [6.07, 6.45) is 1.86. The maximum atomic E-state index is 12.4. The quantitative estimate of drug-likeness (QED) is 0.829. The highest BCUT2D eigenvalue weighted by atomic mass is 32.2. The van der Waals surface area contributed by atoms with Crippen LogP contribution in [-0.2, 0) is 14.8 Å². The van der Waals surface area contributed by atoms with E-state index in [1.807, 2.05) is 6.07 Å². The maximum absolute atomic E-state index is 12.4. The van der Waals surface area contributed by atoms with E-state index in [9.17, 15) is 13.2 Å². The number of anilines is 1. The van der Waals surface area contributed by atoms with E-state index in [1.54, 1.807) is 4.31 Å². The molecule has 0 spiro atoms. The Bertz CT molecular complexity index is 693. The number of piperazine rings is 1. The zero-order valence-corrected chi connectivity index (χ0v) is 14.9. The van der Waals surface area contributed by atoms with Crippen LogP contribution in [0.2, 0.25) is 0 Å². The molecule has 1 N–H and O–H groups in total. The Balaban J connectivity index is 1.48. The summed E-state index contributed by atoms with van der Waals surface area (Å²) >= 11 is 0. The van der Waals surface area contributed by atoms with Gasteiger partial charge in [0.15, 0.2) is 0 Å². The standard InChI is InChI=1S/C17H25N3O3S/c1-14-3-2-4-16(13-14)19-8-10-20(11-9-19)24(22,23)12-7-18-17(21)15-5-6-15/h2-4,13,15H,5-12H2,1H3,(H,18,21). The lowest BCUT2D eigenvalue weighted by Gasteiger charge is -2.35. The van der Waals surface area contributed by atoms with Gasteiger partial charge in [0.05, 0.1) is 5.75 Å². The maximum Gasteiger partial charge on any atom is 0.223 e. The van der Waals surface area contributed by atoms with E-state index in [2.05, 4.69) is 35.3 Å². The molecule has 0 aromatic heterocycles. The van der Waals surface area contributed by atoms with Gasteiger partial charge >= 0.3 is 0 Å². The molecule has 0 unspecified atom stereocenters. The SMILES string of the molecule is Cc1cccc(N2CCN(S(=O)(=O)CCNC(=O)C3CC3)CC2)c1. The van der Waals surface area contributed by atoms with Crippen LogP contribution in [0.3, 0.4) is 0 Å². The largest absolute Gasteiger partial charge is 0.369 e. The van der Waals surface area contributed by atoms with Gasteiger partial charge in [-0.05, 0) is 37.5 Å². The van der Waals surface area contributed by atoms with Crippen LogP contribution in [-0.4, -0.2) is 57.1 Å².